The molecule has 0 aliphatic carbocycles. The lowest BCUT2D eigenvalue weighted by Crippen LogP contribution is -2.15. The lowest BCUT2D eigenvalue weighted by Gasteiger charge is -2.06. The van der Waals surface area contributed by atoms with Crippen LogP contribution >= 0.6 is 46.3 Å². The number of esters is 1. The Morgan fingerprint density at radius 1 is 1.28 bits per heavy atom. The monoisotopic (exact) mass is 471 g/mol. The third-order valence-electron chi connectivity index (χ3n) is 3.23. The van der Waals surface area contributed by atoms with E-state index in [1.165, 1.54) is 54.3 Å². The van der Waals surface area contributed by atoms with Gasteiger partial charge in [0.1, 0.15) is 12.0 Å². The summed E-state index contributed by atoms with van der Waals surface area (Å²) in [5.74, 6) is -0.710. The third-order valence-corrected chi connectivity index (χ3v) is 5.79. The zero-order chi connectivity index (χ0) is 21.0. The van der Waals surface area contributed by atoms with E-state index in [1.54, 1.807) is 0 Å². The van der Waals surface area contributed by atoms with Gasteiger partial charge in [-0.15, -0.1) is 10.2 Å². The minimum Gasteiger partial charge on any atom is -0.464 e. The number of anilines is 1. The molecule has 29 heavy (non-hydrogen) atoms. The van der Waals surface area contributed by atoms with Crippen LogP contribution in [0.15, 0.2) is 44.1 Å². The lowest BCUT2D eigenvalue weighted by atomic mass is 10.2. The molecule has 0 bridgehead atoms. The number of benzene rings is 1. The Morgan fingerprint density at radius 3 is 2.79 bits per heavy atom. The Labute approximate surface area is 182 Å². The predicted octanol–water partition coefficient (Wildman–Crippen LogP) is 4.27. The SMILES string of the molecule is CC(=O)Nc1nnc(SCc2cc(=O)c(OC(=O)c3cc(Cl)ccc3Cl)co2)s1. The number of thioether (sulfide) groups is 1. The van der Waals surface area contributed by atoms with Crippen LogP contribution in [-0.2, 0) is 10.5 Å². The maximum atomic E-state index is 12.2. The van der Waals surface area contributed by atoms with Crippen LogP contribution < -0.4 is 15.5 Å². The minimum atomic E-state index is -0.828. The Bertz CT molecular complexity index is 1130. The molecule has 0 saturated heterocycles. The van der Waals surface area contributed by atoms with E-state index in [-0.39, 0.29) is 28.0 Å². The summed E-state index contributed by atoms with van der Waals surface area (Å²) in [5.41, 5.74) is -0.501. The van der Waals surface area contributed by atoms with Crippen LogP contribution in [-0.4, -0.2) is 22.1 Å². The Hall–Kier alpha value is -2.40. The van der Waals surface area contributed by atoms with Gasteiger partial charge < -0.3 is 14.5 Å². The number of carbonyl (C=O) groups excluding carboxylic acids is 2. The number of carbonyl (C=O) groups is 2. The van der Waals surface area contributed by atoms with Crippen molar-refractivity contribution in [3.05, 3.63) is 62.1 Å². The molecule has 0 spiro atoms. The first-order valence-corrected chi connectivity index (χ1v) is 10.4. The molecule has 0 aliphatic heterocycles. The zero-order valence-corrected chi connectivity index (χ0v) is 17.7. The van der Waals surface area contributed by atoms with Crippen molar-refractivity contribution in [3.8, 4) is 5.75 Å². The zero-order valence-electron chi connectivity index (χ0n) is 14.6. The average Bonchev–Trinajstić information content (AvgIpc) is 3.10. The molecule has 1 amide bonds. The summed E-state index contributed by atoms with van der Waals surface area (Å²) in [6, 6.07) is 5.54. The van der Waals surface area contributed by atoms with Crippen molar-refractivity contribution in [1.29, 1.82) is 0 Å². The summed E-state index contributed by atoms with van der Waals surface area (Å²) in [5, 5.41) is 11.1. The quantitative estimate of drug-likeness (QED) is 0.322. The summed E-state index contributed by atoms with van der Waals surface area (Å²) in [7, 11) is 0. The standard InChI is InChI=1S/C17H11Cl2N3O5S2/c1-8(23)20-16-21-22-17(29-16)28-7-10-5-13(24)14(6-26-10)27-15(25)11-4-9(18)2-3-12(11)19/h2-6H,7H2,1H3,(H,20,21,23). The summed E-state index contributed by atoms with van der Waals surface area (Å²) >= 11 is 14.3. The highest BCUT2D eigenvalue weighted by Crippen LogP contribution is 2.28. The Morgan fingerprint density at radius 2 is 2.07 bits per heavy atom. The highest BCUT2D eigenvalue weighted by molar-refractivity contribution is 8.00. The van der Waals surface area contributed by atoms with Crippen LogP contribution in [0.5, 0.6) is 5.75 Å². The fraction of sp³-hybridized carbons (Fsp3) is 0.118. The van der Waals surface area contributed by atoms with Gasteiger partial charge in [0.25, 0.3) is 0 Å². The third kappa shape index (κ3) is 5.80. The number of halogens is 2. The molecule has 8 nitrogen and oxygen atoms in total. The van der Waals surface area contributed by atoms with Crippen molar-refractivity contribution in [2.45, 2.75) is 17.0 Å². The molecule has 1 aromatic carbocycles. The largest absolute Gasteiger partial charge is 0.464 e. The molecule has 0 aliphatic rings. The fourth-order valence-electron chi connectivity index (χ4n) is 2.00. The second-order valence-corrected chi connectivity index (χ2v) is 8.48. The van der Waals surface area contributed by atoms with Gasteiger partial charge in [0.05, 0.1) is 16.3 Å². The summed E-state index contributed by atoms with van der Waals surface area (Å²) in [6.07, 6.45) is 1.05. The Kier molecular flexibility index (Phi) is 6.91. The molecule has 150 valence electrons. The average molecular weight is 472 g/mol. The van der Waals surface area contributed by atoms with Crippen LogP contribution in [0.2, 0.25) is 10.0 Å². The van der Waals surface area contributed by atoms with Crippen LogP contribution in [0, 0.1) is 0 Å². The van der Waals surface area contributed by atoms with E-state index in [1.807, 2.05) is 0 Å². The summed E-state index contributed by atoms with van der Waals surface area (Å²) in [6.45, 7) is 1.37. The maximum Gasteiger partial charge on any atom is 0.345 e. The molecule has 2 heterocycles. The van der Waals surface area contributed by atoms with Crippen molar-refractivity contribution in [1.82, 2.24) is 10.2 Å². The molecule has 0 radical (unpaired) electrons. The molecule has 12 heteroatoms. The second-order valence-electron chi connectivity index (χ2n) is 5.43. The molecule has 3 rings (SSSR count). The van der Waals surface area contributed by atoms with Gasteiger partial charge in [-0.1, -0.05) is 46.3 Å². The number of hydrogen-bond donors (Lipinski definition) is 1. The molecule has 1 N–H and O–H groups in total. The van der Waals surface area contributed by atoms with E-state index in [9.17, 15) is 14.4 Å². The van der Waals surface area contributed by atoms with Gasteiger partial charge in [0, 0.05) is 18.0 Å². The number of nitrogens with zero attached hydrogens (tertiary/aromatic N) is 2. The Balaban J connectivity index is 1.65. The molecule has 0 unspecified atom stereocenters. The molecule has 2 aromatic heterocycles. The van der Waals surface area contributed by atoms with E-state index < -0.39 is 11.4 Å². The minimum absolute atomic E-state index is 0.0319. The van der Waals surface area contributed by atoms with E-state index in [4.69, 9.17) is 32.4 Å². The van der Waals surface area contributed by atoms with Crippen molar-refractivity contribution in [3.63, 3.8) is 0 Å². The summed E-state index contributed by atoms with van der Waals surface area (Å²) < 4.78 is 11.0. The van der Waals surface area contributed by atoms with Gasteiger partial charge in [-0.25, -0.2) is 4.79 Å². The van der Waals surface area contributed by atoms with E-state index in [2.05, 4.69) is 15.5 Å². The highest BCUT2D eigenvalue weighted by Gasteiger charge is 2.16. The van der Waals surface area contributed by atoms with Crippen LogP contribution in [0.25, 0.3) is 0 Å². The van der Waals surface area contributed by atoms with E-state index in [0.717, 1.165) is 6.26 Å². The van der Waals surface area contributed by atoms with Crippen LogP contribution in [0.4, 0.5) is 5.13 Å². The number of amides is 1. The van der Waals surface area contributed by atoms with E-state index in [0.29, 0.717) is 20.3 Å². The van der Waals surface area contributed by atoms with Crippen molar-refractivity contribution in [2.24, 2.45) is 0 Å². The first kappa shape index (κ1) is 21.3. The molecule has 3 aromatic rings. The van der Waals surface area contributed by atoms with Gasteiger partial charge >= 0.3 is 5.97 Å². The number of hydrogen-bond acceptors (Lipinski definition) is 9. The first-order valence-electron chi connectivity index (χ1n) is 7.84. The van der Waals surface area contributed by atoms with Gasteiger partial charge in [-0.05, 0) is 18.2 Å². The van der Waals surface area contributed by atoms with Crippen LogP contribution in [0.1, 0.15) is 23.0 Å². The molecule has 0 atom stereocenters. The fourth-order valence-corrected chi connectivity index (χ4v) is 4.05. The maximum absolute atomic E-state index is 12.2. The smallest absolute Gasteiger partial charge is 0.345 e. The molecule has 0 fully saturated rings. The normalized spacial score (nSPS) is 10.6. The van der Waals surface area contributed by atoms with E-state index >= 15 is 0 Å². The highest BCUT2D eigenvalue weighted by atomic mass is 35.5. The van der Waals surface area contributed by atoms with Crippen molar-refractivity contribution < 1.29 is 18.7 Å². The molecular weight excluding hydrogens is 461 g/mol. The lowest BCUT2D eigenvalue weighted by molar-refractivity contribution is -0.114. The number of aromatic nitrogens is 2. The number of nitrogens with one attached hydrogen (secondary N) is 1. The van der Waals surface area contributed by atoms with Gasteiger partial charge in [-0.3, -0.25) is 9.59 Å². The van der Waals surface area contributed by atoms with Gasteiger partial charge in [-0.2, -0.15) is 0 Å². The van der Waals surface area contributed by atoms with Crippen LogP contribution in [0.3, 0.4) is 0 Å². The molecular formula is C17H11Cl2N3O5S2. The number of rotatable bonds is 6. The first-order chi connectivity index (χ1) is 13.8. The van der Waals surface area contributed by atoms with Crippen molar-refractivity contribution in [2.75, 3.05) is 5.32 Å². The van der Waals surface area contributed by atoms with Gasteiger partial charge in [0.2, 0.25) is 22.2 Å². The predicted molar refractivity (Wildman–Crippen MR) is 110 cm³/mol. The topological polar surface area (TPSA) is 111 Å². The summed E-state index contributed by atoms with van der Waals surface area (Å²) in [4.78, 5) is 35.4. The van der Waals surface area contributed by atoms with Crippen molar-refractivity contribution >= 4 is 63.3 Å². The second kappa shape index (κ2) is 9.40. The molecule has 0 saturated carbocycles. The number of ether oxygens (including phenoxy) is 1. The van der Waals surface area contributed by atoms with Gasteiger partial charge in [0.15, 0.2) is 4.34 Å².